The fourth-order valence-corrected chi connectivity index (χ4v) is 2.29. The maximum Gasteiger partial charge on any atom is 0.120 e. The van der Waals surface area contributed by atoms with Crippen LogP contribution >= 0.6 is 0 Å². The predicted molar refractivity (Wildman–Crippen MR) is 64.7 cm³/mol. The average molecular weight is 220 g/mol. The van der Waals surface area contributed by atoms with Crippen LogP contribution in [0.3, 0.4) is 0 Å². The van der Waals surface area contributed by atoms with E-state index in [-0.39, 0.29) is 6.10 Å². The third kappa shape index (κ3) is 2.22. The molecule has 1 N–H and O–H groups in total. The van der Waals surface area contributed by atoms with E-state index in [1.807, 2.05) is 12.1 Å². The zero-order chi connectivity index (χ0) is 11.5. The molecule has 88 valence electrons. The van der Waals surface area contributed by atoms with Crippen LogP contribution in [0.5, 0.6) is 5.75 Å². The number of rotatable bonds is 4. The zero-order valence-electron chi connectivity index (χ0n) is 10.1. The number of benzene rings is 1. The van der Waals surface area contributed by atoms with Gasteiger partial charge in [0.25, 0.3) is 0 Å². The quantitative estimate of drug-likeness (QED) is 0.844. The molecule has 1 aromatic rings. The molecule has 0 aliphatic heterocycles. The van der Waals surface area contributed by atoms with Crippen molar-refractivity contribution in [2.45, 2.75) is 51.7 Å². The molecule has 1 aliphatic carbocycles. The fraction of sp³-hybridized carbons (Fsp3) is 0.571. The third-order valence-corrected chi connectivity index (χ3v) is 3.37. The lowest BCUT2D eigenvalue weighted by atomic mass is 10.1. The highest BCUT2D eigenvalue weighted by Crippen LogP contribution is 2.33. The molecule has 0 radical (unpaired) electrons. The molecule has 0 spiro atoms. The fourth-order valence-electron chi connectivity index (χ4n) is 2.29. The van der Waals surface area contributed by atoms with Gasteiger partial charge in [-0.05, 0) is 48.9 Å². The van der Waals surface area contributed by atoms with Gasteiger partial charge in [-0.3, -0.25) is 0 Å². The van der Waals surface area contributed by atoms with E-state index in [4.69, 9.17) is 4.74 Å². The van der Waals surface area contributed by atoms with Gasteiger partial charge < -0.3 is 9.84 Å². The van der Waals surface area contributed by atoms with Crippen LogP contribution in [-0.4, -0.2) is 11.2 Å². The number of hydrogen-bond donors (Lipinski definition) is 1. The van der Waals surface area contributed by atoms with Gasteiger partial charge in [0.15, 0.2) is 0 Å². The van der Waals surface area contributed by atoms with Crippen LogP contribution in [0.4, 0.5) is 0 Å². The summed E-state index contributed by atoms with van der Waals surface area (Å²) < 4.78 is 5.89. The lowest BCUT2D eigenvalue weighted by Crippen LogP contribution is -2.13. The van der Waals surface area contributed by atoms with Gasteiger partial charge in [0.05, 0.1) is 12.2 Å². The molecule has 2 heteroatoms. The average Bonchev–Trinajstić information content (AvgIpc) is 2.68. The molecule has 2 nitrogen and oxygen atoms in total. The highest BCUT2D eigenvalue weighted by Gasteiger charge is 2.20. The van der Waals surface area contributed by atoms with Crippen LogP contribution in [0.2, 0.25) is 0 Å². The molecule has 0 fully saturated rings. The highest BCUT2D eigenvalue weighted by molar-refractivity contribution is 5.39. The molecular weight excluding hydrogens is 200 g/mol. The van der Waals surface area contributed by atoms with Crippen LogP contribution < -0.4 is 4.74 Å². The second kappa shape index (κ2) is 4.88. The van der Waals surface area contributed by atoms with Crippen LogP contribution in [0.1, 0.15) is 50.3 Å². The molecule has 0 bridgehead atoms. The lowest BCUT2D eigenvalue weighted by molar-refractivity contribution is 0.179. The maximum absolute atomic E-state index is 9.71. The van der Waals surface area contributed by atoms with Crippen LogP contribution in [0, 0.1) is 0 Å². The van der Waals surface area contributed by atoms with E-state index in [1.165, 1.54) is 5.56 Å². The molecule has 0 saturated heterocycles. The van der Waals surface area contributed by atoms with Gasteiger partial charge in [0.1, 0.15) is 5.75 Å². The molecule has 1 aromatic carbocycles. The Kier molecular flexibility index (Phi) is 3.49. The molecule has 1 unspecified atom stereocenters. The molecule has 0 saturated carbocycles. The first kappa shape index (κ1) is 11.5. The maximum atomic E-state index is 9.71. The Hall–Kier alpha value is -1.02. The lowest BCUT2D eigenvalue weighted by Gasteiger charge is -2.16. The van der Waals surface area contributed by atoms with Crippen molar-refractivity contribution in [3.05, 3.63) is 29.3 Å². The van der Waals surface area contributed by atoms with Crippen molar-refractivity contribution in [1.82, 2.24) is 0 Å². The first-order chi connectivity index (χ1) is 7.74. The van der Waals surface area contributed by atoms with Gasteiger partial charge in [-0.2, -0.15) is 0 Å². The number of aryl methyl sites for hydroxylation is 1. The third-order valence-electron chi connectivity index (χ3n) is 3.37. The SMILES string of the molecule is CCC(CC)Oc1ccc2c(c1)CCC2O. The Morgan fingerprint density at radius 1 is 1.38 bits per heavy atom. The summed E-state index contributed by atoms with van der Waals surface area (Å²) in [4.78, 5) is 0. The van der Waals surface area contributed by atoms with E-state index in [0.717, 1.165) is 37.0 Å². The molecule has 0 heterocycles. The van der Waals surface area contributed by atoms with Crippen molar-refractivity contribution in [3.63, 3.8) is 0 Å². The normalized spacial score (nSPS) is 18.9. The summed E-state index contributed by atoms with van der Waals surface area (Å²) in [7, 11) is 0. The van der Waals surface area contributed by atoms with Gasteiger partial charge in [0.2, 0.25) is 0 Å². The molecule has 1 atom stereocenters. The zero-order valence-corrected chi connectivity index (χ0v) is 10.1. The number of aliphatic hydroxyl groups is 1. The van der Waals surface area contributed by atoms with Crippen molar-refractivity contribution in [2.24, 2.45) is 0 Å². The summed E-state index contributed by atoms with van der Waals surface area (Å²) in [6.07, 6.45) is 3.94. The highest BCUT2D eigenvalue weighted by atomic mass is 16.5. The molecule has 0 amide bonds. The summed E-state index contributed by atoms with van der Waals surface area (Å²) in [5.74, 6) is 0.946. The van der Waals surface area contributed by atoms with E-state index in [0.29, 0.717) is 6.10 Å². The Morgan fingerprint density at radius 3 is 2.81 bits per heavy atom. The first-order valence-electron chi connectivity index (χ1n) is 6.22. The Bertz CT molecular complexity index is 356. The second-order valence-electron chi connectivity index (χ2n) is 4.47. The van der Waals surface area contributed by atoms with Crippen LogP contribution in [0.25, 0.3) is 0 Å². The smallest absolute Gasteiger partial charge is 0.120 e. The van der Waals surface area contributed by atoms with Gasteiger partial charge in [-0.15, -0.1) is 0 Å². The molecule has 16 heavy (non-hydrogen) atoms. The number of hydrogen-bond acceptors (Lipinski definition) is 2. The van der Waals surface area contributed by atoms with Gasteiger partial charge >= 0.3 is 0 Å². The van der Waals surface area contributed by atoms with Crippen molar-refractivity contribution >= 4 is 0 Å². The number of ether oxygens (including phenoxy) is 1. The Labute approximate surface area is 97.3 Å². The molecule has 1 aliphatic rings. The Morgan fingerprint density at radius 2 is 2.12 bits per heavy atom. The van der Waals surface area contributed by atoms with Crippen molar-refractivity contribution < 1.29 is 9.84 Å². The first-order valence-corrected chi connectivity index (χ1v) is 6.22. The summed E-state index contributed by atoms with van der Waals surface area (Å²) in [5.41, 5.74) is 2.33. The standard InChI is InChI=1S/C14H20O2/c1-3-11(4-2)16-12-6-7-13-10(9-12)5-8-14(13)15/h6-7,9,11,14-15H,3-5,8H2,1-2H3. The largest absolute Gasteiger partial charge is 0.490 e. The van der Waals surface area contributed by atoms with E-state index >= 15 is 0 Å². The van der Waals surface area contributed by atoms with E-state index in [2.05, 4.69) is 19.9 Å². The predicted octanol–water partition coefficient (Wildman–Crippen LogP) is 3.23. The summed E-state index contributed by atoms with van der Waals surface area (Å²) in [6.45, 7) is 4.29. The summed E-state index contributed by atoms with van der Waals surface area (Å²) >= 11 is 0. The minimum absolute atomic E-state index is 0.266. The summed E-state index contributed by atoms with van der Waals surface area (Å²) in [5, 5.41) is 9.71. The second-order valence-corrected chi connectivity index (χ2v) is 4.47. The number of fused-ring (bicyclic) bond motifs is 1. The van der Waals surface area contributed by atoms with Gasteiger partial charge in [-0.25, -0.2) is 0 Å². The topological polar surface area (TPSA) is 29.5 Å². The monoisotopic (exact) mass is 220 g/mol. The molecule has 2 rings (SSSR count). The minimum Gasteiger partial charge on any atom is -0.490 e. The molecular formula is C14H20O2. The van der Waals surface area contributed by atoms with E-state index in [9.17, 15) is 5.11 Å². The van der Waals surface area contributed by atoms with Gasteiger partial charge in [-0.1, -0.05) is 19.9 Å². The number of aliphatic hydroxyl groups excluding tert-OH is 1. The van der Waals surface area contributed by atoms with E-state index < -0.39 is 0 Å². The van der Waals surface area contributed by atoms with Crippen molar-refractivity contribution in [1.29, 1.82) is 0 Å². The van der Waals surface area contributed by atoms with Crippen molar-refractivity contribution in [3.8, 4) is 5.75 Å². The Balaban J connectivity index is 2.13. The summed E-state index contributed by atoms with van der Waals surface area (Å²) in [6, 6.07) is 6.07. The van der Waals surface area contributed by atoms with Crippen LogP contribution in [0.15, 0.2) is 18.2 Å². The van der Waals surface area contributed by atoms with Gasteiger partial charge in [0, 0.05) is 0 Å². The van der Waals surface area contributed by atoms with E-state index in [1.54, 1.807) is 0 Å². The molecule has 0 aromatic heterocycles. The van der Waals surface area contributed by atoms with Crippen LogP contribution in [-0.2, 0) is 6.42 Å². The minimum atomic E-state index is -0.266. The van der Waals surface area contributed by atoms with Crippen molar-refractivity contribution in [2.75, 3.05) is 0 Å².